The predicted octanol–water partition coefficient (Wildman–Crippen LogP) is 3.05. The van der Waals surface area contributed by atoms with E-state index in [1.807, 2.05) is 32.9 Å². The Labute approximate surface area is 102 Å². The number of nitrogens with one attached hydrogen (secondary N) is 1. The van der Waals surface area contributed by atoms with Gasteiger partial charge in [0.05, 0.1) is 6.61 Å². The van der Waals surface area contributed by atoms with E-state index in [0.29, 0.717) is 6.61 Å². The second-order valence-electron chi connectivity index (χ2n) is 4.64. The van der Waals surface area contributed by atoms with Gasteiger partial charge in [-0.15, -0.1) is 0 Å². The van der Waals surface area contributed by atoms with Gasteiger partial charge in [-0.25, -0.2) is 0 Å². The molecular formula is C14H19NO2. The monoisotopic (exact) mass is 233 g/mol. The Morgan fingerprint density at radius 3 is 2.41 bits per heavy atom. The number of hydrogen-bond donors (Lipinski definition) is 1. The van der Waals surface area contributed by atoms with Crippen molar-refractivity contribution in [1.82, 2.24) is 0 Å². The molecule has 1 aromatic carbocycles. The van der Waals surface area contributed by atoms with Gasteiger partial charge < -0.3 is 10.1 Å². The molecule has 1 N–H and O–H groups in total. The standard InChI is InChI=1S/C14H19NO2/c1-4-17-13-9(2)7-12(8-10(13)3)15-14(16)11-5-6-11/h7-8,11H,4-6H2,1-3H3,(H,15,16). The summed E-state index contributed by atoms with van der Waals surface area (Å²) in [5.41, 5.74) is 3.01. The predicted molar refractivity (Wildman–Crippen MR) is 68.4 cm³/mol. The average molecular weight is 233 g/mol. The molecule has 0 heterocycles. The number of aryl methyl sites for hydroxylation is 2. The molecular weight excluding hydrogens is 214 g/mol. The second-order valence-corrected chi connectivity index (χ2v) is 4.64. The number of ether oxygens (including phenoxy) is 1. The lowest BCUT2D eigenvalue weighted by molar-refractivity contribution is -0.117. The summed E-state index contributed by atoms with van der Waals surface area (Å²) < 4.78 is 5.57. The number of hydrogen-bond acceptors (Lipinski definition) is 2. The van der Waals surface area contributed by atoms with Gasteiger partial charge >= 0.3 is 0 Å². The highest BCUT2D eigenvalue weighted by molar-refractivity contribution is 5.94. The van der Waals surface area contributed by atoms with E-state index in [4.69, 9.17) is 4.74 Å². The fraction of sp³-hybridized carbons (Fsp3) is 0.500. The summed E-state index contributed by atoms with van der Waals surface area (Å²) >= 11 is 0. The van der Waals surface area contributed by atoms with Crippen molar-refractivity contribution in [2.75, 3.05) is 11.9 Å². The summed E-state index contributed by atoms with van der Waals surface area (Å²) in [5, 5.41) is 2.96. The summed E-state index contributed by atoms with van der Waals surface area (Å²) in [5.74, 6) is 1.31. The van der Waals surface area contributed by atoms with Crippen LogP contribution in [0.25, 0.3) is 0 Å². The van der Waals surface area contributed by atoms with Crippen LogP contribution in [0.4, 0.5) is 5.69 Å². The molecule has 0 aromatic heterocycles. The summed E-state index contributed by atoms with van der Waals surface area (Å²) in [6.45, 7) is 6.65. The van der Waals surface area contributed by atoms with Crippen LogP contribution in [0.1, 0.15) is 30.9 Å². The Morgan fingerprint density at radius 2 is 1.94 bits per heavy atom. The maximum absolute atomic E-state index is 11.7. The summed E-state index contributed by atoms with van der Waals surface area (Å²) in [6.07, 6.45) is 2.06. The molecule has 0 saturated heterocycles. The van der Waals surface area contributed by atoms with Gasteiger partial charge in [-0.3, -0.25) is 4.79 Å². The Kier molecular flexibility index (Phi) is 3.36. The minimum absolute atomic E-state index is 0.146. The first-order chi connectivity index (χ1) is 8.11. The van der Waals surface area contributed by atoms with E-state index >= 15 is 0 Å². The number of benzene rings is 1. The molecule has 1 aliphatic rings. The van der Waals surface area contributed by atoms with E-state index < -0.39 is 0 Å². The van der Waals surface area contributed by atoms with E-state index in [2.05, 4.69) is 5.32 Å². The number of amides is 1. The van der Waals surface area contributed by atoms with Gasteiger partial charge in [0, 0.05) is 11.6 Å². The average Bonchev–Trinajstić information content (AvgIpc) is 3.07. The fourth-order valence-electron chi connectivity index (χ4n) is 1.98. The minimum Gasteiger partial charge on any atom is -0.493 e. The van der Waals surface area contributed by atoms with E-state index in [1.165, 1.54) is 0 Å². The van der Waals surface area contributed by atoms with Crippen LogP contribution in [-0.4, -0.2) is 12.5 Å². The molecule has 1 aromatic rings. The van der Waals surface area contributed by atoms with Gasteiger partial charge in [-0.1, -0.05) is 0 Å². The highest BCUT2D eigenvalue weighted by Gasteiger charge is 2.29. The lowest BCUT2D eigenvalue weighted by atomic mass is 10.1. The van der Waals surface area contributed by atoms with Crippen molar-refractivity contribution < 1.29 is 9.53 Å². The number of carbonyl (C=O) groups is 1. The third-order valence-electron chi connectivity index (χ3n) is 2.96. The van der Waals surface area contributed by atoms with Crippen LogP contribution in [0.5, 0.6) is 5.75 Å². The van der Waals surface area contributed by atoms with Gasteiger partial charge in [0.2, 0.25) is 5.91 Å². The number of rotatable bonds is 4. The first-order valence-corrected chi connectivity index (χ1v) is 6.16. The van der Waals surface area contributed by atoms with Crippen LogP contribution < -0.4 is 10.1 Å². The highest BCUT2D eigenvalue weighted by Crippen LogP contribution is 2.32. The lowest BCUT2D eigenvalue weighted by Gasteiger charge is -2.13. The molecule has 0 atom stereocenters. The van der Waals surface area contributed by atoms with Crippen LogP contribution in [0.3, 0.4) is 0 Å². The first-order valence-electron chi connectivity index (χ1n) is 6.16. The van der Waals surface area contributed by atoms with Gasteiger partial charge in [0.1, 0.15) is 5.75 Å². The van der Waals surface area contributed by atoms with Gasteiger partial charge in [-0.05, 0) is 56.9 Å². The summed E-state index contributed by atoms with van der Waals surface area (Å²) in [7, 11) is 0. The molecule has 2 rings (SSSR count). The molecule has 0 spiro atoms. The van der Waals surface area contributed by atoms with Crippen LogP contribution >= 0.6 is 0 Å². The molecule has 0 bridgehead atoms. The van der Waals surface area contributed by atoms with E-state index in [-0.39, 0.29) is 11.8 Å². The van der Waals surface area contributed by atoms with Crippen molar-refractivity contribution in [3.05, 3.63) is 23.3 Å². The molecule has 3 heteroatoms. The van der Waals surface area contributed by atoms with Crippen LogP contribution in [0.2, 0.25) is 0 Å². The van der Waals surface area contributed by atoms with Crippen molar-refractivity contribution >= 4 is 11.6 Å². The molecule has 92 valence electrons. The van der Waals surface area contributed by atoms with E-state index in [9.17, 15) is 4.79 Å². The second kappa shape index (κ2) is 4.78. The molecule has 0 radical (unpaired) electrons. The smallest absolute Gasteiger partial charge is 0.227 e. The zero-order valence-electron chi connectivity index (χ0n) is 10.7. The van der Waals surface area contributed by atoms with Gasteiger partial charge in [0.25, 0.3) is 0 Å². The first kappa shape index (κ1) is 12.0. The third kappa shape index (κ3) is 2.78. The SMILES string of the molecule is CCOc1c(C)cc(NC(=O)C2CC2)cc1C. The van der Waals surface area contributed by atoms with E-state index in [0.717, 1.165) is 35.4 Å². The lowest BCUT2D eigenvalue weighted by Crippen LogP contribution is -2.13. The molecule has 0 aliphatic heterocycles. The Morgan fingerprint density at radius 1 is 1.35 bits per heavy atom. The van der Waals surface area contributed by atoms with Crippen molar-refractivity contribution in [2.24, 2.45) is 5.92 Å². The summed E-state index contributed by atoms with van der Waals surface area (Å²) in [4.78, 5) is 11.7. The topological polar surface area (TPSA) is 38.3 Å². The van der Waals surface area contributed by atoms with Crippen LogP contribution in [-0.2, 0) is 4.79 Å². The quantitative estimate of drug-likeness (QED) is 0.868. The largest absolute Gasteiger partial charge is 0.493 e. The fourth-order valence-corrected chi connectivity index (χ4v) is 1.98. The molecule has 17 heavy (non-hydrogen) atoms. The van der Waals surface area contributed by atoms with Crippen molar-refractivity contribution in [2.45, 2.75) is 33.6 Å². The van der Waals surface area contributed by atoms with Crippen molar-refractivity contribution in [3.8, 4) is 5.75 Å². The number of carbonyl (C=O) groups excluding carboxylic acids is 1. The Bertz CT molecular complexity index is 413. The zero-order chi connectivity index (χ0) is 12.4. The molecule has 0 unspecified atom stereocenters. The highest BCUT2D eigenvalue weighted by atomic mass is 16.5. The van der Waals surface area contributed by atoms with Crippen LogP contribution in [0.15, 0.2) is 12.1 Å². The van der Waals surface area contributed by atoms with Crippen molar-refractivity contribution in [1.29, 1.82) is 0 Å². The van der Waals surface area contributed by atoms with Crippen molar-refractivity contribution in [3.63, 3.8) is 0 Å². The Balaban J connectivity index is 2.15. The normalized spacial score (nSPS) is 14.5. The Hall–Kier alpha value is -1.51. The van der Waals surface area contributed by atoms with Gasteiger partial charge in [0.15, 0.2) is 0 Å². The van der Waals surface area contributed by atoms with Crippen LogP contribution in [0, 0.1) is 19.8 Å². The molecule has 1 amide bonds. The van der Waals surface area contributed by atoms with Gasteiger partial charge in [-0.2, -0.15) is 0 Å². The summed E-state index contributed by atoms with van der Waals surface area (Å²) in [6, 6.07) is 3.94. The maximum Gasteiger partial charge on any atom is 0.227 e. The van der Waals surface area contributed by atoms with E-state index in [1.54, 1.807) is 0 Å². The minimum atomic E-state index is 0.146. The number of anilines is 1. The molecule has 3 nitrogen and oxygen atoms in total. The molecule has 1 saturated carbocycles. The third-order valence-corrected chi connectivity index (χ3v) is 2.96. The molecule has 1 fully saturated rings. The maximum atomic E-state index is 11.7. The molecule has 1 aliphatic carbocycles. The zero-order valence-corrected chi connectivity index (χ0v) is 10.7.